The molecule has 0 atom stereocenters. The number of carbonyl (C=O) groups excluding carboxylic acids is 1. The highest BCUT2D eigenvalue weighted by Crippen LogP contribution is 2.34. The van der Waals surface area contributed by atoms with Crippen LogP contribution in [-0.4, -0.2) is 38.5 Å². The molecule has 0 aromatic carbocycles. The van der Waals surface area contributed by atoms with Crippen molar-refractivity contribution < 1.29 is 18.0 Å². The van der Waals surface area contributed by atoms with Gasteiger partial charge in [0, 0.05) is 36.4 Å². The quantitative estimate of drug-likeness (QED) is 0.756. The number of nitrogens with zero attached hydrogens (tertiary/aromatic N) is 4. The van der Waals surface area contributed by atoms with Crippen molar-refractivity contribution in [1.29, 1.82) is 0 Å². The lowest BCUT2D eigenvalue weighted by atomic mass is 9.91. The Morgan fingerprint density at radius 3 is 2.25 bits per heavy atom. The molecule has 2 aromatic heterocycles. The van der Waals surface area contributed by atoms with Gasteiger partial charge in [0.05, 0.1) is 11.4 Å². The molecule has 154 valence electrons. The molecule has 2 aromatic rings. The van der Waals surface area contributed by atoms with Crippen molar-refractivity contribution in [2.75, 3.05) is 13.1 Å². The Bertz CT molecular complexity index is 872. The van der Waals surface area contributed by atoms with Gasteiger partial charge in [-0.05, 0) is 18.9 Å². The van der Waals surface area contributed by atoms with Gasteiger partial charge in [0.25, 0.3) is 0 Å². The first-order valence-electron chi connectivity index (χ1n) is 9.65. The van der Waals surface area contributed by atoms with E-state index in [1.54, 1.807) is 6.07 Å². The topological polar surface area (TPSA) is 50.5 Å². The van der Waals surface area contributed by atoms with Crippen LogP contribution >= 0.6 is 0 Å². The number of alkyl halides is 3. The van der Waals surface area contributed by atoms with Gasteiger partial charge in [0.2, 0.25) is 5.91 Å². The number of halogens is 3. The van der Waals surface area contributed by atoms with Gasteiger partial charge in [0.15, 0.2) is 5.65 Å². The van der Waals surface area contributed by atoms with E-state index in [1.807, 2.05) is 39.5 Å². The zero-order chi connectivity index (χ0) is 20.9. The first-order chi connectivity index (χ1) is 12.9. The second-order valence-corrected chi connectivity index (χ2v) is 8.87. The molecule has 8 heteroatoms. The van der Waals surface area contributed by atoms with Gasteiger partial charge >= 0.3 is 6.18 Å². The summed E-state index contributed by atoms with van der Waals surface area (Å²) < 4.78 is 41.8. The van der Waals surface area contributed by atoms with Crippen molar-refractivity contribution in [1.82, 2.24) is 19.5 Å². The number of aromatic nitrogens is 3. The molecule has 0 N–H and O–H groups in total. The van der Waals surface area contributed by atoms with Crippen LogP contribution in [0.3, 0.4) is 0 Å². The highest BCUT2D eigenvalue weighted by Gasteiger charge is 2.37. The van der Waals surface area contributed by atoms with E-state index < -0.39 is 17.3 Å². The lowest BCUT2D eigenvalue weighted by molar-refractivity contribution is -0.142. The van der Waals surface area contributed by atoms with Crippen LogP contribution in [0.15, 0.2) is 12.1 Å². The standard InChI is InChI=1S/C20H27F3N4O/c1-12(2)18(28)26-8-6-13(7-9-26)14-10-17-24-15(19(3,4)5)11-16(20(21,22)23)27(17)25-14/h10-13H,6-9H2,1-5H3. The maximum Gasteiger partial charge on any atom is 0.433 e. The highest BCUT2D eigenvalue weighted by atomic mass is 19.4. The van der Waals surface area contributed by atoms with Crippen LogP contribution < -0.4 is 0 Å². The molecular weight excluding hydrogens is 369 g/mol. The normalized spacial score (nSPS) is 17.0. The smallest absolute Gasteiger partial charge is 0.342 e. The van der Waals surface area contributed by atoms with Crippen LogP contribution in [0.4, 0.5) is 13.2 Å². The van der Waals surface area contributed by atoms with Gasteiger partial charge < -0.3 is 4.90 Å². The summed E-state index contributed by atoms with van der Waals surface area (Å²) in [5.41, 5.74) is -0.0947. The van der Waals surface area contributed by atoms with E-state index in [1.165, 1.54) is 0 Å². The summed E-state index contributed by atoms with van der Waals surface area (Å²) in [6.07, 6.45) is -3.14. The molecule has 3 rings (SSSR count). The van der Waals surface area contributed by atoms with E-state index in [0.717, 1.165) is 10.6 Å². The lowest BCUT2D eigenvalue weighted by Gasteiger charge is -2.32. The Morgan fingerprint density at radius 2 is 1.75 bits per heavy atom. The minimum atomic E-state index is -4.52. The zero-order valence-electron chi connectivity index (χ0n) is 17.0. The highest BCUT2D eigenvalue weighted by molar-refractivity contribution is 5.78. The number of fused-ring (bicyclic) bond motifs is 1. The van der Waals surface area contributed by atoms with Gasteiger partial charge in [0.1, 0.15) is 5.69 Å². The van der Waals surface area contributed by atoms with E-state index in [2.05, 4.69) is 10.1 Å². The van der Waals surface area contributed by atoms with Crippen LogP contribution in [-0.2, 0) is 16.4 Å². The summed E-state index contributed by atoms with van der Waals surface area (Å²) in [7, 11) is 0. The Hall–Kier alpha value is -2.12. The molecule has 1 aliphatic heterocycles. The molecule has 1 fully saturated rings. The third-order valence-electron chi connectivity index (χ3n) is 5.22. The molecule has 3 heterocycles. The maximum absolute atomic E-state index is 13.6. The Labute approximate surface area is 162 Å². The van der Waals surface area contributed by atoms with E-state index in [0.29, 0.717) is 37.3 Å². The van der Waals surface area contributed by atoms with Crippen molar-refractivity contribution in [3.05, 3.63) is 29.2 Å². The SMILES string of the molecule is CC(C)C(=O)N1CCC(c2cc3nc(C(C)(C)C)cc(C(F)(F)F)n3n2)CC1. The Morgan fingerprint density at radius 1 is 1.14 bits per heavy atom. The van der Waals surface area contributed by atoms with E-state index in [4.69, 9.17) is 0 Å². The Kier molecular flexibility index (Phi) is 5.18. The second-order valence-electron chi connectivity index (χ2n) is 8.87. The predicted molar refractivity (Wildman–Crippen MR) is 100 cm³/mol. The molecule has 1 saturated heterocycles. The summed E-state index contributed by atoms with van der Waals surface area (Å²) in [6, 6.07) is 2.75. The largest absolute Gasteiger partial charge is 0.433 e. The molecule has 0 aliphatic carbocycles. The van der Waals surface area contributed by atoms with E-state index >= 15 is 0 Å². The van der Waals surface area contributed by atoms with Crippen LogP contribution in [0, 0.1) is 5.92 Å². The molecule has 1 aliphatic rings. The summed E-state index contributed by atoms with van der Waals surface area (Å²) in [6.45, 7) is 10.5. The predicted octanol–water partition coefficient (Wildman–Crippen LogP) is 4.41. The average molecular weight is 396 g/mol. The van der Waals surface area contributed by atoms with Gasteiger partial charge in [-0.25, -0.2) is 9.50 Å². The summed E-state index contributed by atoms with van der Waals surface area (Å²) in [4.78, 5) is 18.4. The fraction of sp³-hybridized carbons (Fsp3) is 0.650. The molecule has 0 bridgehead atoms. The van der Waals surface area contributed by atoms with Gasteiger partial charge in [-0.1, -0.05) is 34.6 Å². The maximum atomic E-state index is 13.6. The number of likely N-dealkylation sites (tertiary alicyclic amines) is 1. The molecule has 0 unspecified atom stereocenters. The van der Waals surface area contributed by atoms with Crippen molar-refractivity contribution in [3.8, 4) is 0 Å². The van der Waals surface area contributed by atoms with Crippen LogP contribution in [0.2, 0.25) is 0 Å². The summed E-state index contributed by atoms with van der Waals surface area (Å²) in [5, 5.41) is 4.26. The minimum absolute atomic E-state index is 0.0251. The van der Waals surface area contributed by atoms with Gasteiger partial charge in [-0.15, -0.1) is 0 Å². The molecular formula is C20H27F3N4O. The molecule has 28 heavy (non-hydrogen) atoms. The molecule has 0 radical (unpaired) electrons. The summed E-state index contributed by atoms with van der Waals surface area (Å²) in [5.74, 6) is 0.0856. The number of piperidine rings is 1. The van der Waals surface area contributed by atoms with Crippen molar-refractivity contribution in [2.24, 2.45) is 5.92 Å². The van der Waals surface area contributed by atoms with E-state index in [9.17, 15) is 18.0 Å². The zero-order valence-corrected chi connectivity index (χ0v) is 17.0. The van der Waals surface area contributed by atoms with Crippen LogP contribution in [0.1, 0.15) is 70.5 Å². The molecule has 5 nitrogen and oxygen atoms in total. The van der Waals surface area contributed by atoms with Gasteiger partial charge in [-0.3, -0.25) is 4.79 Å². The van der Waals surface area contributed by atoms with E-state index in [-0.39, 0.29) is 23.4 Å². The number of rotatable bonds is 2. The van der Waals surface area contributed by atoms with Crippen LogP contribution in [0.25, 0.3) is 5.65 Å². The van der Waals surface area contributed by atoms with Crippen molar-refractivity contribution >= 4 is 11.6 Å². The Balaban J connectivity index is 1.93. The van der Waals surface area contributed by atoms with Crippen molar-refractivity contribution in [2.45, 2.75) is 65.0 Å². The number of amides is 1. The monoisotopic (exact) mass is 396 g/mol. The van der Waals surface area contributed by atoms with Gasteiger partial charge in [-0.2, -0.15) is 18.3 Å². The number of hydrogen-bond acceptors (Lipinski definition) is 3. The average Bonchev–Trinajstić information content (AvgIpc) is 3.02. The fourth-order valence-electron chi connectivity index (χ4n) is 3.54. The molecule has 0 spiro atoms. The fourth-order valence-corrected chi connectivity index (χ4v) is 3.54. The third kappa shape index (κ3) is 4.00. The number of carbonyl (C=O) groups is 1. The molecule has 0 saturated carbocycles. The molecule has 1 amide bonds. The second kappa shape index (κ2) is 7.04. The number of hydrogen-bond donors (Lipinski definition) is 0. The summed E-state index contributed by atoms with van der Waals surface area (Å²) >= 11 is 0. The first kappa shape index (κ1) is 20.6. The van der Waals surface area contributed by atoms with Crippen molar-refractivity contribution in [3.63, 3.8) is 0 Å². The third-order valence-corrected chi connectivity index (χ3v) is 5.22. The first-order valence-corrected chi connectivity index (χ1v) is 9.65. The lowest BCUT2D eigenvalue weighted by Crippen LogP contribution is -2.40. The van der Waals surface area contributed by atoms with Crippen LogP contribution in [0.5, 0.6) is 0 Å². The minimum Gasteiger partial charge on any atom is -0.342 e.